The van der Waals surface area contributed by atoms with E-state index in [0.717, 1.165) is 11.3 Å². The average molecular weight is 411 g/mol. The van der Waals surface area contributed by atoms with Crippen molar-refractivity contribution in [3.63, 3.8) is 0 Å². The van der Waals surface area contributed by atoms with Gasteiger partial charge in [-0.15, -0.1) is 5.10 Å². The summed E-state index contributed by atoms with van der Waals surface area (Å²) in [5.74, 6) is 0.652. The van der Waals surface area contributed by atoms with E-state index in [-0.39, 0.29) is 11.9 Å². The molecule has 9 heteroatoms. The minimum Gasteiger partial charge on any atom is -0.295 e. The molecular formula is C19H15ClN6OS. The Labute approximate surface area is 170 Å². The van der Waals surface area contributed by atoms with Crippen LogP contribution in [0.2, 0.25) is 5.02 Å². The van der Waals surface area contributed by atoms with Crippen LogP contribution in [0.15, 0.2) is 72.3 Å². The minimum atomic E-state index is -0.327. The Morgan fingerprint density at radius 2 is 1.93 bits per heavy atom. The third kappa shape index (κ3) is 4.24. The van der Waals surface area contributed by atoms with Crippen LogP contribution >= 0.6 is 23.4 Å². The molecule has 0 fully saturated rings. The van der Waals surface area contributed by atoms with E-state index in [1.54, 1.807) is 10.9 Å². The summed E-state index contributed by atoms with van der Waals surface area (Å²) in [6, 6.07) is 17.1. The predicted octanol–water partition coefficient (Wildman–Crippen LogP) is 4.19. The number of rotatable bonds is 6. The summed E-state index contributed by atoms with van der Waals surface area (Å²) in [7, 11) is 0. The van der Waals surface area contributed by atoms with Crippen LogP contribution in [0.4, 0.5) is 5.95 Å². The van der Waals surface area contributed by atoms with E-state index in [1.807, 2.05) is 54.6 Å². The van der Waals surface area contributed by atoms with Gasteiger partial charge < -0.3 is 0 Å². The number of anilines is 1. The largest absolute Gasteiger partial charge is 0.295 e. The summed E-state index contributed by atoms with van der Waals surface area (Å²) in [5, 5.41) is 10.8. The topological polar surface area (TPSA) is 88.5 Å². The second-order valence-electron chi connectivity index (χ2n) is 5.82. The van der Waals surface area contributed by atoms with Gasteiger partial charge in [0.05, 0.1) is 12.5 Å². The molecule has 0 bridgehead atoms. The zero-order valence-electron chi connectivity index (χ0n) is 14.5. The number of aromatic nitrogens is 5. The molecule has 2 aromatic carbocycles. The number of hydrogen-bond acceptors (Lipinski definition) is 5. The normalized spacial score (nSPS) is 10.8. The Bertz CT molecular complexity index is 1080. The molecule has 0 aliphatic rings. The Morgan fingerprint density at radius 1 is 1.14 bits per heavy atom. The highest BCUT2D eigenvalue weighted by atomic mass is 35.5. The lowest BCUT2D eigenvalue weighted by Crippen LogP contribution is -2.16. The molecule has 0 saturated heterocycles. The number of H-pyrrole nitrogens is 1. The molecule has 0 radical (unpaired) electrons. The Kier molecular flexibility index (Phi) is 5.41. The summed E-state index contributed by atoms with van der Waals surface area (Å²) < 4.78 is 1.71. The molecule has 2 N–H and O–H groups in total. The lowest BCUT2D eigenvalue weighted by Gasteiger charge is -2.07. The van der Waals surface area contributed by atoms with Gasteiger partial charge in [0.1, 0.15) is 5.69 Å². The van der Waals surface area contributed by atoms with Crippen molar-refractivity contribution in [3.8, 4) is 5.69 Å². The molecule has 0 unspecified atom stereocenters. The van der Waals surface area contributed by atoms with Crippen molar-refractivity contribution in [1.82, 2.24) is 24.7 Å². The number of halogens is 1. The van der Waals surface area contributed by atoms with Gasteiger partial charge in [-0.2, -0.15) is 4.98 Å². The van der Waals surface area contributed by atoms with E-state index >= 15 is 0 Å². The molecule has 1 amide bonds. The zero-order valence-corrected chi connectivity index (χ0v) is 16.1. The number of carbonyl (C=O) groups is 1. The van der Waals surface area contributed by atoms with Gasteiger partial charge in [-0.3, -0.25) is 14.7 Å². The van der Waals surface area contributed by atoms with Crippen LogP contribution < -0.4 is 5.32 Å². The molecule has 0 saturated carbocycles. The van der Waals surface area contributed by atoms with Crippen molar-refractivity contribution in [2.24, 2.45) is 0 Å². The maximum absolute atomic E-state index is 12.6. The average Bonchev–Trinajstić information content (AvgIpc) is 3.38. The number of thioether (sulfide) groups is 1. The number of benzene rings is 2. The third-order valence-electron chi connectivity index (χ3n) is 3.88. The quantitative estimate of drug-likeness (QED) is 0.465. The van der Waals surface area contributed by atoms with Crippen molar-refractivity contribution in [1.29, 1.82) is 0 Å². The summed E-state index contributed by atoms with van der Waals surface area (Å²) >= 11 is 7.35. The summed E-state index contributed by atoms with van der Waals surface area (Å²) in [5.41, 5.74) is 2.36. The smallest absolute Gasteiger partial charge is 0.276 e. The SMILES string of the molecule is O=C(Nc1nc(SCc2ccc(Cl)cc2)n[nH]1)c1cncn1-c1ccccc1. The molecule has 2 heterocycles. The fourth-order valence-corrected chi connectivity index (χ4v) is 3.40. The van der Waals surface area contributed by atoms with Crippen molar-refractivity contribution in [2.75, 3.05) is 5.32 Å². The fraction of sp³-hybridized carbons (Fsp3) is 0.0526. The number of hydrogen-bond donors (Lipinski definition) is 2. The number of imidazole rings is 1. The van der Waals surface area contributed by atoms with Gasteiger partial charge in [-0.05, 0) is 29.8 Å². The first-order valence-electron chi connectivity index (χ1n) is 8.38. The van der Waals surface area contributed by atoms with Crippen LogP contribution in [-0.4, -0.2) is 30.6 Å². The van der Waals surface area contributed by atoms with Gasteiger partial charge >= 0.3 is 0 Å². The van der Waals surface area contributed by atoms with E-state index in [2.05, 4.69) is 25.5 Å². The maximum atomic E-state index is 12.6. The summed E-state index contributed by atoms with van der Waals surface area (Å²) in [6.07, 6.45) is 3.10. The van der Waals surface area contributed by atoms with Gasteiger partial charge in [-0.1, -0.05) is 53.7 Å². The van der Waals surface area contributed by atoms with E-state index in [9.17, 15) is 4.79 Å². The summed E-state index contributed by atoms with van der Waals surface area (Å²) in [4.78, 5) is 21.0. The lowest BCUT2D eigenvalue weighted by molar-refractivity contribution is 0.101. The van der Waals surface area contributed by atoms with Crippen LogP contribution in [0.3, 0.4) is 0 Å². The number of carbonyl (C=O) groups excluding carboxylic acids is 1. The number of amides is 1. The highest BCUT2D eigenvalue weighted by Crippen LogP contribution is 2.21. The number of aromatic amines is 1. The molecule has 0 spiro atoms. The third-order valence-corrected chi connectivity index (χ3v) is 5.05. The van der Waals surface area contributed by atoms with E-state index in [4.69, 9.17) is 11.6 Å². The summed E-state index contributed by atoms with van der Waals surface area (Å²) in [6.45, 7) is 0. The van der Waals surface area contributed by atoms with E-state index < -0.39 is 0 Å². The molecule has 2 aromatic heterocycles. The first-order chi connectivity index (χ1) is 13.7. The Morgan fingerprint density at radius 3 is 2.71 bits per heavy atom. The van der Waals surface area contributed by atoms with Crippen molar-refractivity contribution in [3.05, 3.63) is 83.4 Å². The van der Waals surface area contributed by atoms with Crippen molar-refractivity contribution < 1.29 is 4.79 Å². The molecule has 0 aliphatic carbocycles. The molecule has 7 nitrogen and oxygen atoms in total. The standard InChI is InChI=1S/C19H15ClN6OS/c20-14-8-6-13(7-9-14)11-28-19-23-18(24-25-19)22-17(27)16-10-21-12-26(16)15-4-2-1-3-5-15/h1-10,12H,11H2,(H2,22,23,24,25,27). The number of para-hydroxylation sites is 1. The van der Waals surface area contributed by atoms with Crippen LogP contribution in [0.25, 0.3) is 5.69 Å². The Hall–Kier alpha value is -3.10. The maximum Gasteiger partial charge on any atom is 0.276 e. The van der Waals surface area contributed by atoms with Crippen LogP contribution in [-0.2, 0) is 5.75 Å². The highest BCUT2D eigenvalue weighted by molar-refractivity contribution is 7.98. The number of nitrogens with zero attached hydrogens (tertiary/aromatic N) is 4. The zero-order chi connectivity index (χ0) is 19.3. The van der Waals surface area contributed by atoms with Crippen molar-refractivity contribution in [2.45, 2.75) is 10.9 Å². The minimum absolute atomic E-state index is 0.282. The molecule has 28 heavy (non-hydrogen) atoms. The van der Waals surface area contributed by atoms with Crippen LogP contribution in [0.1, 0.15) is 16.1 Å². The van der Waals surface area contributed by atoms with E-state index in [1.165, 1.54) is 18.0 Å². The van der Waals surface area contributed by atoms with Gasteiger partial charge in [-0.25, -0.2) is 10.1 Å². The van der Waals surface area contributed by atoms with Gasteiger partial charge in [0.2, 0.25) is 11.1 Å². The first kappa shape index (κ1) is 18.3. The molecule has 0 atom stereocenters. The van der Waals surface area contributed by atoms with Crippen LogP contribution in [0, 0.1) is 0 Å². The van der Waals surface area contributed by atoms with E-state index in [0.29, 0.717) is 21.6 Å². The Balaban J connectivity index is 1.41. The molecule has 0 aliphatic heterocycles. The van der Waals surface area contributed by atoms with Gasteiger partial charge in [0.25, 0.3) is 5.91 Å². The monoisotopic (exact) mass is 410 g/mol. The fourth-order valence-electron chi connectivity index (χ4n) is 2.52. The predicted molar refractivity (Wildman–Crippen MR) is 109 cm³/mol. The molecule has 4 aromatic rings. The number of nitrogens with one attached hydrogen (secondary N) is 2. The lowest BCUT2D eigenvalue weighted by atomic mass is 10.2. The van der Waals surface area contributed by atoms with Crippen LogP contribution in [0.5, 0.6) is 0 Å². The molecule has 4 rings (SSSR count). The van der Waals surface area contributed by atoms with Gasteiger partial charge in [0.15, 0.2) is 0 Å². The van der Waals surface area contributed by atoms with Crippen molar-refractivity contribution >= 4 is 35.2 Å². The molecular weight excluding hydrogens is 396 g/mol. The van der Waals surface area contributed by atoms with Gasteiger partial charge in [0, 0.05) is 16.5 Å². The second-order valence-corrected chi connectivity index (χ2v) is 7.20. The molecule has 140 valence electrons. The first-order valence-corrected chi connectivity index (χ1v) is 9.74. The second kappa shape index (κ2) is 8.28. The highest BCUT2D eigenvalue weighted by Gasteiger charge is 2.15.